The zero-order chi connectivity index (χ0) is 10.1. The normalized spacial score (nSPS) is 10.6. The molecule has 0 saturated carbocycles. The molecule has 0 fully saturated rings. The number of hydrogen-bond donors (Lipinski definition) is 1. The molecule has 0 aliphatic heterocycles. The molecule has 0 atom stereocenters. The smallest absolute Gasteiger partial charge is 0.267 e. The first kappa shape index (κ1) is 8.68. The zero-order valence-electron chi connectivity index (χ0n) is 7.16. The minimum absolute atomic E-state index is 0.109. The van der Waals surface area contributed by atoms with Crippen LogP contribution in [0.5, 0.6) is 0 Å². The predicted molar refractivity (Wildman–Crippen MR) is 47.3 cm³/mol. The number of nitrogens with two attached hydrogens (primary N) is 1. The predicted octanol–water partition coefficient (Wildman–Crippen LogP) is 1.40. The van der Waals surface area contributed by atoms with Gasteiger partial charge >= 0.3 is 0 Å². The molecule has 5 heteroatoms. The first-order valence-corrected chi connectivity index (χ1v) is 3.95. The van der Waals surface area contributed by atoms with Gasteiger partial charge in [-0.3, -0.25) is 9.78 Å². The van der Waals surface area contributed by atoms with E-state index in [-0.39, 0.29) is 11.5 Å². The first-order chi connectivity index (χ1) is 6.70. The molecular formula is C9H7FN2O2. The highest BCUT2D eigenvalue weighted by molar-refractivity contribution is 5.94. The number of amides is 1. The van der Waals surface area contributed by atoms with E-state index < -0.39 is 12.6 Å². The molecule has 2 N–H and O–H groups in total. The number of fused-ring (bicyclic) bond motifs is 1. The van der Waals surface area contributed by atoms with Gasteiger partial charge in [-0.25, -0.2) is 4.39 Å². The van der Waals surface area contributed by atoms with Crippen molar-refractivity contribution in [3.63, 3.8) is 0 Å². The van der Waals surface area contributed by atoms with Crippen LogP contribution in [0.25, 0.3) is 11.0 Å². The molecule has 2 aromatic heterocycles. The topological polar surface area (TPSA) is 69.1 Å². The van der Waals surface area contributed by atoms with Crippen molar-refractivity contribution in [3.8, 4) is 0 Å². The van der Waals surface area contributed by atoms with Gasteiger partial charge in [0.25, 0.3) is 5.91 Å². The summed E-state index contributed by atoms with van der Waals surface area (Å²) in [7, 11) is 0. The van der Waals surface area contributed by atoms with Crippen molar-refractivity contribution in [2.24, 2.45) is 5.73 Å². The summed E-state index contributed by atoms with van der Waals surface area (Å²) in [5, 5.41) is 0.655. The second-order valence-electron chi connectivity index (χ2n) is 2.82. The molecule has 0 bridgehead atoms. The lowest BCUT2D eigenvalue weighted by Crippen LogP contribution is -2.12. The van der Waals surface area contributed by atoms with E-state index in [0.29, 0.717) is 11.0 Å². The number of halogens is 1. The second-order valence-corrected chi connectivity index (χ2v) is 2.82. The molecular weight excluding hydrogens is 187 g/mol. The number of hydrogen-bond acceptors (Lipinski definition) is 3. The van der Waals surface area contributed by atoms with Crippen molar-refractivity contribution in [2.75, 3.05) is 0 Å². The average molecular weight is 194 g/mol. The van der Waals surface area contributed by atoms with E-state index in [1.807, 2.05) is 0 Å². The Morgan fingerprint density at radius 3 is 3.00 bits per heavy atom. The van der Waals surface area contributed by atoms with Crippen molar-refractivity contribution in [1.82, 2.24) is 4.98 Å². The van der Waals surface area contributed by atoms with Gasteiger partial charge in [-0.05, 0) is 6.07 Å². The SMILES string of the molecule is NC(=O)c1cc2oc(CF)cc2cn1. The summed E-state index contributed by atoms with van der Waals surface area (Å²) < 4.78 is 17.3. The summed E-state index contributed by atoms with van der Waals surface area (Å²) >= 11 is 0. The van der Waals surface area contributed by atoms with Gasteiger partial charge in [0.15, 0.2) is 0 Å². The van der Waals surface area contributed by atoms with E-state index in [1.165, 1.54) is 18.3 Å². The summed E-state index contributed by atoms with van der Waals surface area (Å²) in [6.07, 6.45) is 1.43. The Bertz CT molecular complexity index is 493. The Morgan fingerprint density at radius 2 is 2.36 bits per heavy atom. The van der Waals surface area contributed by atoms with Crippen LogP contribution in [0, 0.1) is 0 Å². The largest absolute Gasteiger partial charge is 0.458 e. The standard InChI is InChI=1S/C9H7FN2O2/c10-3-6-1-5-4-12-7(9(11)13)2-8(5)14-6/h1-2,4H,3H2,(H2,11,13). The number of nitrogens with zero attached hydrogens (tertiary/aromatic N) is 1. The quantitative estimate of drug-likeness (QED) is 0.785. The molecule has 2 heterocycles. The number of alkyl halides is 1. The van der Waals surface area contributed by atoms with Crippen LogP contribution in [-0.4, -0.2) is 10.9 Å². The van der Waals surface area contributed by atoms with Gasteiger partial charge in [-0.15, -0.1) is 0 Å². The Kier molecular flexibility index (Phi) is 1.92. The maximum atomic E-state index is 12.2. The first-order valence-electron chi connectivity index (χ1n) is 3.95. The fraction of sp³-hybridized carbons (Fsp3) is 0.111. The molecule has 72 valence electrons. The second kappa shape index (κ2) is 3.10. The minimum Gasteiger partial charge on any atom is -0.458 e. The monoisotopic (exact) mass is 194 g/mol. The third-order valence-corrected chi connectivity index (χ3v) is 1.84. The molecule has 0 radical (unpaired) electrons. The fourth-order valence-electron chi connectivity index (χ4n) is 1.19. The van der Waals surface area contributed by atoms with Crippen LogP contribution in [0.2, 0.25) is 0 Å². The molecule has 0 saturated heterocycles. The molecule has 14 heavy (non-hydrogen) atoms. The highest BCUT2D eigenvalue weighted by Gasteiger charge is 2.07. The molecule has 0 aromatic carbocycles. The molecule has 2 aromatic rings. The Labute approximate surface area is 78.5 Å². The zero-order valence-corrected chi connectivity index (χ0v) is 7.16. The molecule has 0 aliphatic carbocycles. The number of rotatable bonds is 2. The molecule has 4 nitrogen and oxygen atoms in total. The van der Waals surface area contributed by atoms with Gasteiger partial charge in [-0.1, -0.05) is 0 Å². The van der Waals surface area contributed by atoms with Crippen molar-refractivity contribution in [3.05, 3.63) is 29.8 Å². The van der Waals surface area contributed by atoms with Gasteiger partial charge in [0.2, 0.25) is 0 Å². The summed E-state index contributed by atoms with van der Waals surface area (Å²) in [6.45, 7) is -0.680. The van der Waals surface area contributed by atoms with E-state index in [4.69, 9.17) is 10.2 Å². The highest BCUT2D eigenvalue weighted by Crippen LogP contribution is 2.19. The lowest BCUT2D eigenvalue weighted by Gasteiger charge is -1.92. The molecule has 2 rings (SSSR count). The molecule has 0 aliphatic rings. The van der Waals surface area contributed by atoms with Crippen LogP contribution in [0.15, 0.2) is 22.7 Å². The van der Waals surface area contributed by atoms with Crippen molar-refractivity contribution >= 4 is 16.9 Å². The van der Waals surface area contributed by atoms with Gasteiger partial charge in [0.05, 0.1) is 0 Å². The van der Waals surface area contributed by atoms with E-state index in [0.717, 1.165) is 0 Å². The number of carbonyl (C=O) groups is 1. The van der Waals surface area contributed by atoms with Crippen LogP contribution >= 0.6 is 0 Å². The Hall–Kier alpha value is -1.91. The Morgan fingerprint density at radius 1 is 1.57 bits per heavy atom. The Balaban J connectivity index is 2.59. The van der Waals surface area contributed by atoms with Gasteiger partial charge < -0.3 is 10.2 Å². The van der Waals surface area contributed by atoms with Gasteiger partial charge in [-0.2, -0.15) is 0 Å². The van der Waals surface area contributed by atoms with Crippen molar-refractivity contribution in [2.45, 2.75) is 6.67 Å². The lowest BCUT2D eigenvalue weighted by atomic mass is 10.3. The maximum Gasteiger partial charge on any atom is 0.267 e. The number of furan rings is 1. The third-order valence-electron chi connectivity index (χ3n) is 1.84. The number of carbonyl (C=O) groups excluding carboxylic acids is 1. The third kappa shape index (κ3) is 1.32. The van der Waals surface area contributed by atoms with Crippen LogP contribution in [0.1, 0.15) is 16.2 Å². The molecule has 0 spiro atoms. The number of aromatic nitrogens is 1. The van der Waals surface area contributed by atoms with Crippen LogP contribution < -0.4 is 5.73 Å². The van der Waals surface area contributed by atoms with Gasteiger partial charge in [0.1, 0.15) is 23.7 Å². The molecule has 1 amide bonds. The summed E-state index contributed by atoms with van der Waals surface area (Å²) in [5.74, 6) is -0.423. The van der Waals surface area contributed by atoms with E-state index in [9.17, 15) is 9.18 Å². The van der Waals surface area contributed by atoms with Crippen LogP contribution in [-0.2, 0) is 6.67 Å². The highest BCUT2D eigenvalue weighted by atomic mass is 19.1. The number of primary amides is 1. The van der Waals surface area contributed by atoms with E-state index >= 15 is 0 Å². The van der Waals surface area contributed by atoms with E-state index in [2.05, 4.69) is 4.98 Å². The van der Waals surface area contributed by atoms with Crippen LogP contribution in [0.3, 0.4) is 0 Å². The maximum absolute atomic E-state index is 12.2. The van der Waals surface area contributed by atoms with Crippen molar-refractivity contribution in [1.29, 1.82) is 0 Å². The number of pyridine rings is 1. The van der Waals surface area contributed by atoms with Crippen LogP contribution in [0.4, 0.5) is 4.39 Å². The van der Waals surface area contributed by atoms with E-state index in [1.54, 1.807) is 0 Å². The minimum atomic E-state index is -0.680. The fourth-order valence-corrected chi connectivity index (χ4v) is 1.19. The summed E-state index contributed by atoms with van der Waals surface area (Å²) in [4.78, 5) is 14.6. The molecule has 0 unspecified atom stereocenters. The lowest BCUT2D eigenvalue weighted by molar-refractivity contribution is 0.0995. The summed E-state index contributed by atoms with van der Waals surface area (Å²) in [5.41, 5.74) is 5.55. The average Bonchev–Trinajstić information content (AvgIpc) is 2.58. The summed E-state index contributed by atoms with van der Waals surface area (Å²) in [6, 6.07) is 2.93. The van der Waals surface area contributed by atoms with Crippen molar-refractivity contribution < 1.29 is 13.6 Å². The van der Waals surface area contributed by atoms with Gasteiger partial charge in [0, 0.05) is 17.6 Å².